The van der Waals surface area contributed by atoms with Crippen LogP contribution in [0.1, 0.15) is 26.0 Å². The van der Waals surface area contributed by atoms with Gasteiger partial charge in [0.1, 0.15) is 0 Å². The van der Waals surface area contributed by atoms with Crippen LogP contribution in [0, 0.1) is 0 Å². The maximum atomic E-state index is 12.0. The molecule has 0 aliphatic carbocycles. The molecule has 0 saturated heterocycles. The highest BCUT2D eigenvalue weighted by molar-refractivity contribution is 7.92. The van der Waals surface area contributed by atoms with Gasteiger partial charge >= 0.3 is 10.1 Å². The maximum absolute atomic E-state index is 12.0. The molecule has 0 aliphatic heterocycles. The zero-order valence-corrected chi connectivity index (χ0v) is 13.1. The van der Waals surface area contributed by atoms with Gasteiger partial charge in [-0.05, 0) is 18.6 Å². The van der Waals surface area contributed by atoms with Crippen LogP contribution in [0.5, 0.6) is 0 Å². The second-order valence-corrected chi connectivity index (χ2v) is 7.98. The Morgan fingerprint density at radius 3 is 2.38 bits per heavy atom. The molecule has 0 spiro atoms. The zero-order valence-electron chi connectivity index (χ0n) is 11.5. The summed E-state index contributed by atoms with van der Waals surface area (Å²) in [4.78, 5) is 3.80. The van der Waals surface area contributed by atoms with Crippen molar-refractivity contribution in [2.45, 2.75) is 36.7 Å². The minimum atomic E-state index is -4.78. The van der Waals surface area contributed by atoms with E-state index in [1.165, 1.54) is 13.0 Å². The second-order valence-electron chi connectivity index (χ2n) is 4.45. The van der Waals surface area contributed by atoms with Crippen molar-refractivity contribution >= 4 is 25.6 Å². The predicted molar refractivity (Wildman–Crippen MR) is 74.5 cm³/mol. The molecule has 2 aromatic heterocycles. The van der Waals surface area contributed by atoms with E-state index in [1.54, 1.807) is 6.07 Å². The van der Waals surface area contributed by atoms with Crippen molar-refractivity contribution in [3.8, 4) is 0 Å². The van der Waals surface area contributed by atoms with Crippen LogP contribution in [0.25, 0.3) is 5.65 Å². The van der Waals surface area contributed by atoms with Crippen LogP contribution in [0.15, 0.2) is 22.2 Å². The number of imidazole rings is 1. The van der Waals surface area contributed by atoms with Gasteiger partial charge in [0.2, 0.25) is 5.03 Å². The SMILES string of the molecule is CCCc1ccc2nc(S(=O)(=O)CC)c(S(=O)(=O)O)n2n1. The summed E-state index contributed by atoms with van der Waals surface area (Å²) < 4.78 is 57.2. The van der Waals surface area contributed by atoms with Gasteiger partial charge in [-0.25, -0.2) is 13.4 Å². The Bertz CT molecular complexity index is 884. The molecule has 0 amide bonds. The number of aromatic nitrogens is 3. The molecule has 116 valence electrons. The second kappa shape index (κ2) is 5.35. The molecule has 8 nitrogen and oxygen atoms in total. The predicted octanol–water partition coefficient (Wildman–Crippen LogP) is 0.722. The number of hydrogen-bond donors (Lipinski definition) is 1. The highest BCUT2D eigenvalue weighted by atomic mass is 32.2. The van der Waals surface area contributed by atoms with E-state index in [0.29, 0.717) is 12.1 Å². The molecule has 2 rings (SSSR count). The van der Waals surface area contributed by atoms with E-state index in [9.17, 15) is 21.4 Å². The quantitative estimate of drug-likeness (QED) is 0.801. The topological polar surface area (TPSA) is 119 Å². The first-order valence-electron chi connectivity index (χ1n) is 6.29. The summed E-state index contributed by atoms with van der Waals surface area (Å²) in [6, 6.07) is 3.11. The highest BCUT2D eigenvalue weighted by Crippen LogP contribution is 2.22. The molecule has 0 unspecified atom stereocenters. The van der Waals surface area contributed by atoms with Crippen molar-refractivity contribution in [2.75, 3.05) is 5.75 Å². The van der Waals surface area contributed by atoms with Gasteiger partial charge in [-0.3, -0.25) is 4.55 Å². The molecule has 10 heteroatoms. The van der Waals surface area contributed by atoms with E-state index in [2.05, 4.69) is 10.1 Å². The molecule has 0 atom stereocenters. The molecule has 0 fully saturated rings. The number of hydrogen-bond acceptors (Lipinski definition) is 6. The van der Waals surface area contributed by atoms with Crippen molar-refractivity contribution in [3.05, 3.63) is 17.8 Å². The first-order valence-corrected chi connectivity index (χ1v) is 9.38. The van der Waals surface area contributed by atoms with E-state index in [-0.39, 0.29) is 11.4 Å². The molecule has 2 heterocycles. The summed E-state index contributed by atoms with van der Waals surface area (Å²) in [5.41, 5.74) is 0.627. The summed E-state index contributed by atoms with van der Waals surface area (Å²) in [6.45, 7) is 3.29. The number of nitrogens with zero attached hydrogens (tertiary/aromatic N) is 3. The van der Waals surface area contributed by atoms with Crippen LogP contribution >= 0.6 is 0 Å². The summed E-state index contributed by atoms with van der Waals surface area (Å²) in [7, 11) is -8.69. The molecule has 0 radical (unpaired) electrons. The fourth-order valence-corrected chi connectivity index (χ4v) is 4.05. The van der Waals surface area contributed by atoms with Gasteiger partial charge in [0.05, 0.1) is 11.4 Å². The van der Waals surface area contributed by atoms with Crippen molar-refractivity contribution < 1.29 is 21.4 Å². The fourth-order valence-electron chi connectivity index (χ4n) is 1.88. The van der Waals surface area contributed by atoms with Crippen LogP contribution < -0.4 is 0 Å². The standard InChI is InChI=1S/C11H15N3O5S2/c1-3-5-8-6-7-9-12-10(20(15,16)4-2)11(14(9)13-8)21(17,18)19/h6-7H,3-5H2,1-2H3,(H,17,18,19). The van der Waals surface area contributed by atoms with E-state index < -0.39 is 30.0 Å². The Labute approximate surface area is 122 Å². The Kier molecular flexibility index (Phi) is 4.04. The van der Waals surface area contributed by atoms with Gasteiger partial charge in [0, 0.05) is 0 Å². The first-order chi connectivity index (χ1) is 9.70. The van der Waals surface area contributed by atoms with Crippen LogP contribution in [0.3, 0.4) is 0 Å². The highest BCUT2D eigenvalue weighted by Gasteiger charge is 2.31. The Hall–Kier alpha value is -1.52. The monoisotopic (exact) mass is 333 g/mol. The first kappa shape index (κ1) is 15.9. The summed E-state index contributed by atoms with van der Waals surface area (Å²) in [6.07, 6.45) is 1.38. The lowest BCUT2D eigenvalue weighted by Gasteiger charge is -2.02. The third kappa shape index (κ3) is 2.92. The lowest BCUT2D eigenvalue weighted by Crippen LogP contribution is -2.13. The van der Waals surface area contributed by atoms with Gasteiger partial charge in [0.25, 0.3) is 0 Å². The molecule has 1 N–H and O–H groups in total. The number of sulfone groups is 1. The molecular weight excluding hydrogens is 318 g/mol. The van der Waals surface area contributed by atoms with Gasteiger partial charge in [-0.15, -0.1) is 0 Å². The molecular formula is C11H15N3O5S2. The maximum Gasteiger partial charge on any atom is 0.315 e. The summed E-state index contributed by atoms with van der Waals surface area (Å²) in [5, 5.41) is 2.57. The number of fused-ring (bicyclic) bond motifs is 1. The van der Waals surface area contributed by atoms with Crippen molar-refractivity contribution in [1.82, 2.24) is 14.6 Å². The summed E-state index contributed by atoms with van der Waals surface area (Å²) in [5.74, 6) is -0.332. The third-order valence-corrected chi connectivity index (χ3v) is 5.50. The zero-order chi connectivity index (χ0) is 15.8. The van der Waals surface area contributed by atoms with Crippen LogP contribution in [0.2, 0.25) is 0 Å². The molecule has 2 aromatic rings. The summed E-state index contributed by atoms with van der Waals surface area (Å²) >= 11 is 0. The molecule has 0 aliphatic rings. The minimum Gasteiger partial charge on any atom is -0.281 e. The Balaban J connectivity index is 2.89. The normalized spacial score (nSPS) is 12.9. The smallest absolute Gasteiger partial charge is 0.281 e. The molecule has 21 heavy (non-hydrogen) atoms. The van der Waals surface area contributed by atoms with Gasteiger partial charge in [-0.1, -0.05) is 20.3 Å². The number of rotatable bonds is 5. The van der Waals surface area contributed by atoms with E-state index in [0.717, 1.165) is 10.9 Å². The molecule has 0 aromatic carbocycles. The van der Waals surface area contributed by atoms with Gasteiger partial charge in [0.15, 0.2) is 20.5 Å². The van der Waals surface area contributed by atoms with Crippen LogP contribution in [0.4, 0.5) is 0 Å². The average molecular weight is 333 g/mol. The fraction of sp³-hybridized carbons (Fsp3) is 0.455. The van der Waals surface area contributed by atoms with E-state index in [1.807, 2.05) is 6.92 Å². The van der Waals surface area contributed by atoms with Gasteiger partial charge in [-0.2, -0.15) is 18.0 Å². The van der Waals surface area contributed by atoms with Crippen LogP contribution in [-0.4, -0.2) is 41.7 Å². The lowest BCUT2D eigenvalue weighted by molar-refractivity contribution is 0.470. The molecule has 0 bridgehead atoms. The average Bonchev–Trinajstić information content (AvgIpc) is 2.78. The third-order valence-electron chi connectivity index (χ3n) is 2.89. The number of aryl methyl sites for hydroxylation is 1. The van der Waals surface area contributed by atoms with Crippen LogP contribution in [-0.2, 0) is 26.4 Å². The largest absolute Gasteiger partial charge is 0.315 e. The Morgan fingerprint density at radius 2 is 1.86 bits per heavy atom. The van der Waals surface area contributed by atoms with E-state index in [4.69, 9.17) is 0 Å². The van der Waals surface area contributed by atoms with Crippen molar-refractivity contribution in [2.24, 2.45) is 0 Å². The van der Waals surface area contributed by atoms with Crippen molar-refractivity contribution in [3.63, 3.8) is 0 Å². The minimum absolute atomic E-state index is 0.0505. The Morgan fingerprint density at radius 1 is 1.19 bits per heavy atom. The van der Waals surface area contributed by atoms with Gasteiger partial charge < -0.3 is 0 Å². The lowest BCUT2D eigenvalue weighted by atomic mass is 10.2. The van der Waals surface area contributed by atoms with Crippen molar-refractivity contribution in [1.29, 1.82) is 0 Å². The molecule has 0 saturated carbocycles. The van der Waals surface area contributed by atoms with E-state index >= 15 is 0 Å².